The first-order valence-electron chi connectivity index (χ1n) is 9.87. The lowest BCUT2D eigenvalue weighted by Gasteiger charge is -2.14. The second-order valence-corrected chi connectivity index (χ2v) is 7.09. The monoisotopic (exact) mass is 421 g/mol. The summed E-state index contributed by atoms with van der Waals surface area (Å²) in [5.41, 5.74) is 4.64. The Kier molecular flexibility index (Phi) is 5.98. The second-order valence-electron chi connectivity index (χ2n) is 7.09. The van der Waals surface area contributed by atoms with Crippen LogP contribution in [0.5, 0.6) is 5.75 Å². The third-order valence-corrected chi connectivity index (χ3v) is 5.30. The van der Waals surface area contributed by atoms with Crippen molar-refractivity contribution in [2.45, 2.75) is 5.92 Å². The fraction of sp³-hybridized carbons (Fsp3) is 0.160. The van der Waals surface area contributed by atoms with E-state index >= 15 is 0 Å². The van der Waals surface area contributed by atoms with E-state index in [9.17, 15) is 13.6 Å². The number of fused-ring (bicyclic) bond motifs is 3. The number of ether oxygens (including phenoxy) is 2. The summed E-state index contributed by atoms with van der Waals surface area (Å²) in [5.74, 6) is -2.23. The molecule has 1 aliphatic rings. The molecule has 0 heterocycles. The Morgan fingerprint density at radius 1 is 0.968 bits per heavy atom. The van der Waals surface area contributed by atoms with Gasteiger partial charge in [-0.1, -0.05) is 60.7 Å². The summed E-state index contributed by atoms with van der Waals surface area (Å²) in [7, 11) is 1.27. The number of methoxy groups -OCH3 is 1. The van der Waals surface area contributed by atoms with Crippen molar-refractivity contribution < 1.29 is 23.0 Å². The molecule has 4 nitrogen and oxygen atoms in total. The van der Waals surface area contributed by atoms with Gasteiger partial charge in [0.1, 0.15) is 6.61 Å². The average Bonchev–Trinajstić information content (AvgIpc) is 3.12. The molecule has 0 radical (unpaired) electrons. The van der Waals surface area contributed by atoms with Crippen molar-refractivity contribution in [3.8, 4) is 16.9 Å². The molecule has 1 aliphatic carbocycles. The highest BCUT2D eigenvalue weighted by Gasteiger charge is 2.28. The molecule has 0 aromatic heterocycles. The molecule has 0 aliphatic heterocycles. The third-order valence-electron chi connectivity index (χ3n) is 5.30. The number of hydrogen-bond donors (Lipinski definition) is 1. The third kappa shape index (κ3) is 4.14. The number of rotatable bonds is 6. The van der Waals surface area contributed by atoms with Crippen LogP contribution >= 0.6 is 0 Å². The number of alkyl carbamates (subject to hydrolysis) is 1. The summed E-state index contributed by atoms with van der Waals surface area (Å²) >= 11 is 0. The molecule has 0 bridgehead atoms. The summed E-state index contributed by atoms with van der Waals surface area (Å²) in [5, 5.41) is 2.59. The van der Waals surface area contributed by atoms with E-state index in [1.54, 1.807) is 0 Å². The van der Waals surface area contributed by atoms with Gasteiger partial charge in [0.05, 0.1) is 7.11 Å². The lowest BCUT2D eigenvalue weighted by molar-refractivity contribution is 0.144. The molecule has 0 saturated carbocycles. The molecule has 1 amide bonds. The first-order chi connectivity index (χ1) is 15.1. The number of amides is 1. The van der Waals surface area contributed by atoms with Gasteiger partial charge in [-0.05, 0) is 34.4 Å². The van der Waals surface area contributed by atoms with E-state index in [2.05, 4.69) is 17.4 Å². The topological polar surface area (TPSA) is 47.6 Å². The smallest absolute Gasteiger partial charge is 0.407 e. The van der Waals surface area contributed by atoms with Gasteiger partial charge in [0.2, 0.25) is 5.82 Å². The van der Waals surface area contributed by atoms with Gasteiger partial charge in [-0.2, -0.15) is 4.39 Å². The normalized spacial score (nSPS) is 12.5. The minimum Gasteiger partial charge on any atom is -0.494 e. The van der Waals surface area contributed by atoms with Crippen LogP contribution < -0.4 is 10.1 Å². The van der Waals surface area contributed by atoms with Crippen molar-refractivity contribution in [3.63, 3.8) is 0 Å². The number of benzene rings is 3. The van der Waals surface area contributed by atoms with E-state index in [1.807, 2.05) is 36.4 Å². The van der Waals surface area contributed by atoms with Crippen LogP contribution in [0.15, 0.2) is 66.7 Å². The molecule has 3 aromatic rings. The highest BCUT2D eigenvalue weighted by molar-refractivity contribution is 5.79. The lowest BCUT2D eigenvalue weighted by atomic mass is 9.98. The number of nitrogens with one attached hydrogen (secondary N) is 1. The van der Waals surface area contributed by atoms with Gasteiger partial charge in [0, 0.05) is 18.0 Å². The summed E-state index contributed by atoms with van der Waals surface area (Å²) < 4.78 is 37.9. The van der Waals surface area contributed by atoms with Gasteiger partial charge in [-0.3, -0.25) is 0 Å². The van der Waals surface area contributed by atoms with Gasteiger partial charge < -0.3 is 14.8 Å². The number of carbonyl (C=O) groups excluding carboxylic acids is 1. The van der Waals surface area contributed by atoms with E-state index < -0.39 is 17.7 Å². The van der Waals surface area contributed by atoms with E-state index in [0.29, 0.717) is 0 Å². The molecule has 3 aromatic carbocycles. The maximum absolute atomic E-state index is 14.0. The first-order valence-corrected chi connectivity index (χ1v) is 9.87. The van der Waals surface area contributed by atoms with E-state index in [1.165, 1.54) is 31.4 Å². The number of hydrogen-bond acceptors (Lipinski definition) is 3. The Morgan fingerprint density at radius 3 is 2.26 bits per heavy atom. The van der Waals surface area contributed by atoms with Gasteiger partial charge in [0.25, 0.3) is 0 Å². The highest BCUT2D eigenvalue weighted by Crippen LogP contribution is 2.44. The van der Waals surface area contributed by atoms with E-state index in [4.69, 9.17) is 9.47 Å². The zero-order valence-electron chi connectivity index (χ0n) is 16.9. The van der Waals surface area contributed by atoms with Crippen LogP contribution in [0, 0.1) is 11.6 Å². The molecule has 31 heavy (non-hydrogen) atoms. The summed E-state index contributed by atoms with van der Waals surface area (Å²) in [6.45, 7) is 0.325. The van der Waals surface area contributed by atoms with E-state index in [0.717, 1.165) is 22.3 Å². The van der Waals surface area contributed by atoms with Crippen molar-refractivity contribution in [1.82, 2.24) is 5.32 Å². The van der Waals surface area contributed by atoms with Gasteiger partial charge in [-0.15, -0.1) is 0 Å². The molecule has 0 saturated heterocycles. The van der Waals surface area contributed by atoms with Crippen LogP contribution in [0.4, 0.5) is 13.6 Å². The van der Waals surface area contributed by atoms with Gasteiger partial charge in [0.15, 0.2) is 11.6 Å². The second kappa shape index (κ2) is 9.00. The Balaban J connectivity index is 1.34. The predicted octanol–water partition coefficient (Wildman–Crippen LogP) is 5.53. The Hall–Kier alpha value is -3.67. The SMILES string of the molecule is COc1ccc(C=CCNC(=O)OCC2c3ccccc3-c3ccccc32)c(F)c1F. The van der Waals surface area contributed by atoms with Gasteiger partial charge >= 0.3 is 6.09 Å². The van der Waals surface area contributed by atoms with Crippen molar-refractivity contribution in [2.75, 3.05) is 20.3 Å². The molecule has 0 spiro atoms. The van der Waals surface area contributed by atoms with Crippen LogP contribution in [0.2, 0.25) is 0 Å². The molecule has 0 atom stereocenters. The van der Waals surface area contributed by atoms with Crippen molar-refractivity contribution in [3.05, 3.63) is 95.1 Å². The Morgan fingerprint density at radius 2 is 1.61 bits per heavy atom. The highest BCUT2D eigenvalue weighted by atomic mass is 19.2. The van der Waals surface area contributed by atoms with Crippen LogP contribution in [-0.4, -0.2) is 26.4 Å². The molecular formula is C25H21F2NO3. The molecule has 158 valence electrons. The van der Waals surface area contributed by atoms with Crippen LogP contribution in [0.25, 0.3) is 17.2 Å². The van der Waals surface area contributed by atoms with E-state index in [-0.39, 0.29) is 30.4 Å². The largest absolute Gasteiger partial charge is 0.494 e. The predicted molar refractivity (Wildman–Crippen MR) is 115 cm³/mol. The Labute approximate surface area is 179 Å². The van der Waals surface area contributed by atoms with Gasteiger partial charge in [-0.25, -0.2) is 9.18 Å². The fourth-order valence-electron chi connectivity index (χ4n) is 3.81. The molecule has 0 fully saturated rings. The van der Waals surface area contributed by atoms with Crippen LogP contribution in [-0.2, 0) is 4.74 Å². The number of halogens is 2. The average molecular weight is 421 g/mol. The molecule has 0 unspecified atom stereocenters. The molecule has 4 rings (SSSR count). The lowest BCUT2D eigenvalue weighted by Crippen LogP contribution is -2.26. The standard InChI is InChI=1S/C25H21F2NO3/c1-30-22-13-12-16(23(26)24(22)27)7-6-14-28-25(29)31-15-21-19-10-4-2-8-17(19)18-9-3-5-11-20(18)21/h2-13,21H,14-15H2,1H3,(H,28,29). The zero-order valence-corrected chi connectivity index (χ0v) is 16.9. The summed E-state index contributed by atoms with van der Waals surface area (Å²) in [6, 6.07) is 18.9. The van der Waals surface area contributed by atoms with Crippen LogP contribution in [0.1, 0.15) is 22.6 Å². The first kappa shape index (κ1) is 20.6. The molecular weight excluding hydrogens is 400 g/mol. The van der Waals surface area contributed by atoms with Crippen LogP contribution in [0.3, 0.4) is 0 Å². The van der Waals surface area contributed by atoms with Crippen molar-refractivity contribution in [2.24, 2.45) is 0 Å². The summed E-state index contributed by atoms with van der Waals surface area (Å²) in [4.78, 5) is 12.1. The Bertz CT molecular complexity index is 1100. The quantitative estimate of drug-likeness (QED) is 0.570. The van der Waals surface area contributed by atoms with Crippen molar-refractivity contribution in [1.29, 1.82) is 0 Å². The fourth-order valence-corrected chi connectivity index (χ4v) is 3.81. The number of carbonyl (C=O) groups is 1. The molecule has 6 heteroatoms. The minimum atomic E-state index is -1.05. The molecule has 1 N–H and O–H groups in total. The minimum absolute atomic E-state index is 0.0231. The summed E-state index contributed by atoms with van der Waals surface area (Å²) in [6.07, 6.45) is 2.33. The maximum atomic E-state index is 14.0. The zero-order chi connectivity index (χ0) is 21.8. The van der Waals surface area contributed by atoms with Crippen molar-refractivity contribution >= 4 is 12.2 Å². The maximum Gasteiger partial charge on any atom is 0.407 e.